The van der Waals surface area contributed by atoms with Gasteiger partial charge in [-0.2, -0.15) is 0 Å². The number of hydrogen-bond acceptors (Lipinski definition) is 4. The zero-order valence-electron chi connectivity index (χ0n) is 20.4. The van der Waals surface area contributed by atoms with E-state index in [1.165, 1.54) is 10.8 Å². The van der Waals surface area contributed by atoms with Gasteiger partial charge in [-0.15, -0.1) is 0 Å². The quantitative estimate of drug-likeness (QED) is 0.182. The summed E-state index contributed by atoms with van der Waals surface area (Å²) in [7, 11) is 0. The molecule has 6 aromatic rings. The van der Waals surface area contributed by atoms with E-state index in [1.54, 1.807) is 0 Å². The van der Waals surface area contributed by atoms with Crippen LogP contribution >= 0.6 is 0 Å². The van der Waals surface area contributed by atoms with E-state index in [9.17, 15) is 9.59 Å². The van der Waals surface area contributed by atoms with Gasteiger partial charge in [0.1, 0.15) is 12.6 Å². The Labute approximate surface area is 220 Å². The first-order valence-electron chi connectivity index (χ1n) is 12.5. The molecule has 0 amide bonds. The Morgan fingerprint density at radius 3 is 1.11 bits per heavy atom. The highest BCUT2D eigenvalue weighted by Gasteiger charge is 2.33. The molecule has 0 bridgehead atoms. The molecule has 0 fully saturated rings. The zero-order chi connectivity index (χ0) is 25.6. The number of rotatable bonds is 4. The van der Waals surface area contributed by atoms with Crippen LogP contribution in [0.3, 0.4) is 0 Å². The average Bonchev–Trinajstić information content (AvgIpc) is 3.00. The Balaban J connectivity index is 1.65. The van der Waals surface area contributed by atoms with Crippen molar-refractivity contribution in [2.24, 2.45) is 0 Å². The molecule has 6 aromatic carbocycles. The molecule has 0 saturated heterocycles. The highest BCUT2D eigenvalue weighted by atomic mass is 16.1. The van der Waals surface area contributed by atoms with Gasteiger partial charge in [0.15, 0.2) is 0 Å². The minimum Gasteiger partial charge on any atom is -0.306 e. The molecule has 4 nitrogen and oxygen atoms in total. The lowest BCUT2D eigenvalue weighted by Gasteiger charge is -2.42. The van der Waals surface area contributed by atoms with E-state index < -0.39 is 0 Å². The maximum atomic E-state index is 11.4. The molecule has 0 spiro atoms. The first-order valence-corrected chi connectivity index (χ1v) is 12.5. The van der Waals surface area contributed by atoms with Gasteiger partial charge in [-0.1, -0.05) is 60.7 Å². The van der Waals surface area contributed by atoms with Crippen molar-refractivity contribution in [3.63, 3.8) is 0 Å². The highest BCUT2D eigenvalue weighted by Crippen LogP contribution is 2.58. The van der Waals surface area contributed by atoms with Crippen LogP contribution in [0.25, 0.3) is 21.5 Å². The summed E-state index contributed by atoms with van der Waals surface area (Å²) in [6.45, 7) is 0. The molecule has 38 heavy (non-hydrogen) atoms. The van der Waals surface area contributed by atoms with Gasteiger partial charge in [-0.05, 0) is 71.4 Å². The minimum absolute atomic E-state index is 0.638. The predicted molar refractivity (Wildman–Crippen MR) is 155 cm³/mol. The van der Waals surface area contributed by atoms with Crippen LogP contribution in [0.2, 0.25) is 0 Å². The number of carbonyl (C=O) groups excluding carboxylic acids is 2. The second-order valence-electron chi connectivity index (χ2n) is 9.37. The Bertz CT molecular complexity index is 1720. The van der Waals surface area contributed by atoms with Gasteiger partial charge < -0.3 is 9.80 Å². The number of fused-ring (bicyclic) bond motifs is 7. The number of nitrogens with zero attached hydrogens (tertiary/aromatic N) is 2. The van der Waals surface area contributed by atoms with Gasteiger partial charge in [0.05, 0.1) is 22.7 Å². The summed E-state index contributed by atoms with van der Waals surface area (Å²) in [4.78, 5) is 27.4. The van der Waals surface area contributed by atoms with E-state index in [2.05, 4.69) is 70.5 Å². The van der Waals surface area contributed by atoms with Gasteiger partial charge in [0, 0.05) is 33.3 Å². The number of carbonyl (C=O) groups is 2. The minimum atomic E-state index is 0.638. The molecule has 0 unspecified atom stereocenters. The monoisotopic (exact) mass is 490 g/mol. The smallest absolute Gasteiger partial charge is 0.150 e. The third-order valence-electron chi connectivity index (χ3n) is 7.26. The second-order valence-corrected chi connectivity index (χ2v) is 9.37. The average molecular weight is 491 g/mol. The van der Waals surface area contributed by atoms with Crippen LogP contribution in [0.1, 0.15) is 20.7 Å². The summed E-state index contributed by atoms with van der Waals surface area (Å²) in [6, 6.07) is 40.8. The summed E-state index contributed by atoms with van der Waals surface area (Å²) >= 11 is 0. The first-order chi connectivity index (χ1) is 18.8. The van der Waals surface area contributed by atoms with Crippen molar-refractivity contribution in [1.29, 1.82) is 0 Å². The molecule has 7 rings (SSSR count). The van der Waals surface area contributed by atoms with Crippen molar-refractivity contribution >= 4 is 68.2 Å². The molecule has 0 aromatic heterocycles. The van der Waals surface area contributed by atoms with Crippen molar-refractivity contribution in [2.45, 2.75) is 0 Å². The highest BCUT2D eigenvalue weighted by molar-refractivity contribution is 6.25. The van der Waals surface area contributed by atoms with Crippen LogP contribution in [0, 0.1) is 0 Å². The molecular weight excluding hydrogens is 468 g/mol. The van der Waals surface area contributed by atoms with E-state index in [0.29, 0.717) is 11.1 Å². The standard InChI is InChI=1S/C34H22N2O2/c37-21-23-13-17-25(18-14-23)35-31-11-5-6-12-32(31)36(26-19-15-24(22-38)16-20-26)34-30-10-4-2-8-28(30)27-7-1-3-9-29(27)33(34)35/h1-22H. The number of para-hydroxylation sites is 2. The van der Waals surface area contributed by atoms with E-state index in [-0.39, 0.29) is 0 Å². The fourth-order valence-electron chi connectivity index (χ4n) is 5.58. The summed E-state index contributed by atoms with van der Waals surface area (Å²) in [5, 5.41) is 4.60. The van der Waals surface area contributed by atoms with Crippen molar-refractivity contribution in [1.82, 2.24) is 0 Å². The SMILES string of the molecule is O=Cc1ccc(N2c3ccccc3N(c3ccc(C=O)cc3)c3c2c2ccccc2c2ccccc32)cc1. The third kappa shape index (κ3) is 3.24. The van der Waals surface area contributed by atoms with Gasteiger partial charge >= 0.3 is 0 Å². The topological polar surface area (TPSA) is 40.6 Å². The Hall–Kier alpha value is -5.22. The van der Waals surface area contributed by atoms with Crippen LogP contribution in [0.5, 0.6) is 0 Å². The maximum absolute atomic E-state index is 11.4. The fraction of sp³-hybridized carbons (Fsp3) is 0. The number of hydrogen-bond donors (Lipinski definition) is 0. The Kier molecular flexibility index (Phi) is 5.05. The van der Waals surface area contributed by atoms with Crippen LogP contribution in [-0.2, 0) is 0 Å². The largest absolute Gasteiger partial charge is 0.306 e. The lowest BCUT2D eigenvalue weighted by atomic mass is 9.93. The van der Waals surface area contributed by atoms with Gasteiger partial charge in [-0.25, -0.2) is 0 Å². The van der Waals surface area contributed by atoms with Crippen molar-refractivity contribution < 1.29 is 9.59 Å². The Morgan fingerprint density at radius 2 is 0.737 bits per heavy atom. The van der Waals surface area contributed by atoms with Crippen LogP contribution in [0.15, 0.2) is 121 Å². The van der Waals surface area contributed by atoms with E-state index in [4.69, 9.17) is 0 Å². The third-order valence-corrected chi connectivity index (χ3v) is 7.26. The van der Waals surface area contributed by atoms with Crippen LogP contribution in [0.4, 0.5) is 34.1 Å². The van der Waals surface area contributed by atoms with Gasteiger partial charge in [0.2, 0.25) is 0 Å². The van der Waals surface area contributed by atoms with Crippen molar-refractivity contribution in [3.05, 3.63) is 132 Å². The zero-order valence-corrected chi connectivity index (χ0v) is 20.4. The number of anilines is 6. The molecule has 0 atom stereocenters. The molecule has 0 saturated carbocycles. The summed E-state index contributed by atoms with van der Waals surface area (Å²) < 4.78 is 0. The van der Waals surface area contributed by atoms with E-state index >= 15 is 0 Å². The maximum Gasteiger partial charge on any atom is 0.150 e. The number of benzene rings is 6. The summed E-state index contributed by atoms with van der Waals surface area (Å²) in [5.74, 6) is 0. The summed E-state index contributed by atoms with van der Waals surface area (Å²) in [5.41, 5.74) is 7.41. The molecule has 1 aliphatic heterocycles. The van der Waals surface area contributed by atoms with Crippen LogP contribution < -0.4 is 9.80 Å². The Morgan fingerprint density at radius 1 is 0.395 bits per heavy atom. The van der Waals surface area contributed by atoms with E-state index in [1.807, 2.05) is 60.7 Å². The molecule has 180 valence electrons. The fourth-order valence-corrected chi connectivity index (χ4v) is 5.58. The normalized spacial score (nSPS) is 12.3. The van der Waals surface area contributed by atoms with Crippen molar-refractivity contribution in [2.75, 3.05) is 9.80 Å². The van der Waals surface area contributed by atoms with E-state index in [0.717, 1.165) is 57.5 Å². The lowest BCUT2D eigenvalue weighted by Crippen LogP contribution is -2.24. The summed E-state index contributed by atoms with van der Waals surface area (Å²) in [6.07, 6.45) is 1.74. The molecular formula is C34H22N2O2. The first kappa shape index (κ1) is 22.0. The molecule has 0 N–H and O–H groups in total. The molecule has 0 radical (unpaired) electrons. The van der Waals surface area contributed by atoms with Gasteiger partial charge in [0.25, 0.3) is 0 Å². The second kappa shape index (κ2) is 8.71. The number of aldehydes is 2. The molecule has 4 heteroatoms. The molecule has 1 heterocycles. The predicted octanol–water partition coefficient (Wildman–Crippen LogP) is 8.87. The molecule has 1 aliphatic rings. The van der Waals surface area contributed by atoms with Crippen LogP contribution in [-0.4, -0.2) is 12.6 Å². The van der Waals surface area contributed by atoms with Gasteiger partial charge in [-0.3, -0.25) is 9.59 Å². The molecule has 0 aliphatic carbocycles. The lowest BCUT2D eigenvalue weighted by molar-refractivity contribution is 0.111. The van der Waals surface area contributed by atoms with Crippen molar-refractivity contribution in [3.8, 4) is 0 Å².